The van der Waals surface area contributed by atoms with Crippen molar-refractivity contribution in [3.05, 3.63) is 0 Å². The van der Waals surface area contributed by atoms with Gasteiger partial charge in [0, 0.05) is 19.6 Å². The minimum absolute atomic E-state index is 0.293. The summed E-state index contributed by atoms with van der Waals surface area (Å²) in [6.45, 7) is 14.0. The Labute approximate surface area is 123 Å². The Morgan fingerprint density at radius 3 is 2.05 bits per heavy atom. The fourth-order valence-corrected chi connectivity index (χ4v) is 3.13. The van der Waals surface area contributed by atoms with Gasteiger partial charge in [-0.3, -0.25) is 4.79 Å². The number of hydrogen-bond acceptors (Lipinski definition) is 3. The van der Waals surface area contributed by atoms with E-state index in [0.717, 1.165) is 25.9 Å². The van der Waals surface area contributed by atoms with E-state index in [1.165, 1.54) is 0 Å². The molecular weight excluding hydrogens is 252 g/mol. The van der Waals surface area contributed by atoms with Crippen LogP contribution in [0.25, 0.3) is 0 Å². The fraction of sp³-hybridized carbons (Fsp3) is 0.938. The molecule has 0 heterocycles. The van der Waals surface area contributed by atoms with Crippen molar-refractivity contribution in [2.45, 2.75) is 53.0 Å². The summed E-state index contributed by atoms with van der Waals surface area (Å²) < 4.78 is 0. The maximum absolute atomic E-state index is 11.9. The maximum Gasteiger partial charge on any atom is 0.325 e. The van der Waals surface area contributed by atoms with Gasteiger partial charge in [0.1, 0.15) is 5.54 Å². The maximum atomic E-state index is 11.9. The van der Waals surface area contributed by atoms with Gasteiger partial charge in [0.25, 0.3) is 0 Å². The number of nitrogens with zero attached hydrogens (tertiary/aromatic N) is 1. The van der Waals surface area contributed by atoms with Crippen molar-refractivity contribution < 1.29 is 9.90 Å². The first-order chi connectivity index (χ1) is 9.31. The molecular formula is C16H32N2O2. The Kier molecular flexibility index (Phi) is 6.46. The summed E-state index contributed by atoms with van der Waals surface area (Å²) in [4.78, 5) is 14.2. The van der Waals surface area contributed by atoms with Gasteiger partial charge in [0.15, 0.2) is 0 Å². The zero-order valence-corrected chi connectivity index (χ0v) is 13.8. The second kappa shape index (κ2) is 7.41. The van der Waals surface area contributed by atoms with Crippen molar-refractivity contribution in [1.29, 1.82) is 0 Å². The summed E-state index contributed by atoms with van der Waals surface area (Å²) in [5, 5.41) is 13.1. The first kappa shape index (κ1) is 17.4. The van der Waals surface area contributed by atoms with Gasteiger partial charge < -0.3 is 15.3 Å². The van der Waals surface area contributed by atoms with Crippen LogP contribution in [-0.2, 0) is 4.79 Å². The summed E-state index contributed by atoms with van der Waals surface area (Å²) in [6, 6.07) is 0. The second-order valence-corrected chi connectivity index (χ2v) is 7.06. The van der Waals surface area contributed by atoms with Gasteiger partial charge in [-0.15, -0.1) is 0 Å². The van der Waals surface area contributed by atoms with Crippen LogP contribution in [0.2, 0.25) is 0 Å². The van der Waals surface area contributed by atoms with E-state index in [4.69, 9.17) is 0 Å². The van der Waals surface area contributed by atoms with Crippen LogP contribution in [0.4, 0.5) is 0 Å². The number of nitrogens with one attached hydrogen (secondary N) is 1. The van der Waals surface area contributed by atoms with E-state index in [2.05, 4.69) is 37.9 Å². The van der Waals surface area contributed by atoms with Crippen LogP contribution in [0, 0.1) is 17.8 Å². The van der Waals surface area contributed by atoms with Gasteiger partial charge >= 0.3 is 5.97 Å². The van der Waals surface area contributed by atoms with Crippen molar-refractivity contribution >= 4 is 5.97 Å². The molecule has 1 rings (SSSR count). The lowest BCUT2D eigenvalue weighted by Crippen LogP contribution is -2.61. The van der Waals surface area contributed by atoms with E-state index in [9.17, 15) is 9.90 Å². The topological polar surface area (TPSA) is 52.6 Å². The van der Waals surface area contributed by atoms with Crippen LogP contribution < -0.4 is 5.32 Å². The molecule has 1 aliphatic carbocycles. The third-order valence-electron chi connectivity index (χ3n) is 3.87. The largest absolute Gasteiger partial charge is 0.480 e. The lowest BCUT2D eigenvalue weighted by atomic mass is 9.91. The molecule has 0 aromatic carbocycles. The van der Waals surface area contributed by atoms with Crippen LogP contribution in [-0.4, -0.2) is 47.7 Å². The van der Waals surface area contributed by atoms with E-state index in [1.807, 2.05) is 6.92 Å². The molecule has 2 N–H and O–H groups in total. The predicted molar refractivity (Wildman–Crippen MR) is 82.9 cm³/mol. The number of hydrogen-bond donors (Lipinski definition) is 2. The summed E-state index contributed by atoms with van der Waals surface area (Å²) in [6.07, 6.45) is 2.08. The molecule has 0 aliphatic heterocycles. The highest BCUT2D eigenvalue weighted by Gasteiger charge is 2.51. The molecule has 0 aromatic heterocycles. The lowest BCUT2D eigenvalue weighted by Gasteiger charge is -2.37. The third-order valence-corrected chi connectivity index (χ3v) is 3.87. The molecule has 1 atom stereocenters. The van der Waals surface area contributed by atoms with Gasteiger partial charge in [0.2, 0.25) is 0 Å². The van der Waals surface area contributed by atoms with E-state index < -0.39 is 11.5 Å². The first-order valence-corrected chi connectivity index (χ1v) is 8.02. The number of carboxylic acids is 1. The van der Waals surface area contributed by atoms with Gasteiger partial charge in [0.05, 0.1) is 0 Å². The van der Waals surface area contributed by atoms with Crippen molar-refractivity contribution in [1.82, 2.24) is 10.2 Å². The molecule has 20 heavy (non-hydrogen) atoms. The quantitative estimate of drug-likeness (QED) is 0.647. The number of rotatable bonds is 10. The predicted octanol–water partition coefficient (Wildman–Crippen LogP) is 2.44. The molecule has 0 aromatic rings. The van der Waals surface area contributed by atoms with Crippen LogP contribution in [0.5, 0.6) is 0 Å². The average Bonchev–Trinajstić information content (AvgIpc) is 3.09. The van der Waals surface area contributed by atoms with Crippen LogP contribution in [0.3, 0.4) is 0 Å². The van der Waals surface area contributed by atoms with Crippen LogP contribution in [0.15, 0.2) is 0 Å². The molecule has 0 radical (unpaired) electrons. The summed E-state index contributed by atoms with van der Waals surface area (Å²) >= 11 is 0. The summed E-state index contributed by atoms with van der Waals surface area (Å²) in [5.41, 5.74) is -0.751. The fourth-order valence-electron chi connectivity index (χ4n) is 3.13. The highest BCUT2D eigenvalue weighted by Crippen LogP contribution is 2.40. The number of carbonyl (C=O) groups is 1. The molecule has 0 spiro atoms. The molecule has 1 fully saturated rings. The molecule has 0 saturated heterocycles. The normalized spacial score (nSPS) is 18.8. The Hall–Kier alpha value is -0.610. The molecule has 1 saturated carbocycles. The van der Waals surface area contributed by atoms with Gasteiger partial charge in [-0.2, -0.15) is 0 Å². The molecule has 0 amide bonds. The van der Waals surface area contributed by atoms with Gasteiger partial charge in [-0.25, -0.2) is 0 Å². The van der Waals surface area contributed by atoms with Gasteiger partial charge in [-0.05, 0) is 37.1 Å². The standard InChI is InChI=1S/C16H32N2O2/c1-6-17-16(15(19)20,14-7-8-14)11-18(9-12(2)3)10-13(4)5/h12-14,17H,6-11H2,1-5H3,(H,19,20). The highest BCUT2D eigenvalue weighted by atomic mass is 16.4. The number of likely N-dealkylation sites (N-methyl/N-ethyl adjacent to an activating group) is 1. The summed E-state index contributed by atoms with van der Waals surface area (Å²) in [5.74, 6) is 0.725. The smallest absolute Gasteiger partial charge is 0.325 e. The molecule has 1 aliphatic rings. The first-order valence-electron chi connectivity index (χ1n) is 8.02. The van der Waals surface area contributed by atoms with Crippen molar-refractivity contribution in [2.75, 3.05) is 26.2 Å². The second-order valence-electron chi connectivity index (χ2n) is 7.06. The molecule has 118 valence electrons. The van der Waals surface area contributed by atoms with E-state index >= 15 is 0 Å². The number of carboxylic acid groups (broad SMARTS) is 1. The van der Waals surface area contributed by atoms with Crippen LogP contribution >= 0.6 is 0 Å². The Morgan fingerprint density at radius 1 is 1.25 bits per heavy atom. The minimum atomic E-state index is -0.751. The van der Waals surface area contributed by atoms with E-state index in [-0.39, 0.29) is 0 Å². The SMILES string of the molecule is CCNC(CN(CC(C)C)CC(C)C)(C(=O)O)C1CC1. The lowest BCUT2D eigenvalue weighted by molar-refractivity contribution is -0.147. The Balaban J connectivity index is 2.85. The highest BCUT2D eigenvalue weighted by molar-refractivity contribution is 5.80. The molecule has 1 unspecified atom stereocenters. The molecule has 0 bridgehead atoms. The zero-order valence-electron chi connectivity index (χ0n) is 13.8. The Morgan fingerprint density at radius 2 is 1.75 bits per heavy atom. The van der Waals surface area contributed by atoms with Crippen LogP contribution in [0.1, 0.15) is 47.5 Å². The monoisotopic (exact) mass is 284 g/mol. The van der Waals surface area contributed by atoms with Gasteiger partial charge in [-0.1, -0.05) is 34.6 Å². The van der Waals surface area contributed by atoms with E-state index in [0.29, 0.717) is 30.8 Å². The Bertz CT molecular complexity index is 304. The van der Waals surface area contributed by atoms with Crippen molar-refractivity contribution in [2.24, 2.45) is 17.8 Å². The third kappa shape index (κ3) is 4.74. The van der Waals surface area contributed by atoms with E-state index in [1.54, 1.807) is 0 Å². The summed E-state index contributed by atoms with van der Waals surface area (Å²) in [7, 11) is 0. The zero-order chi connectivity index (χ0) is 15.3. The average molecular weight is 284 g/mol. The van der Waals surface area contributed by atoms with Crippen molar-refractivity contribution in [3.8, 4) is 0 Å². The number of aliphatic carboxylic acids is 1. The van der Waals surface area contributed by atoms with Crippen molar-refractivity contribution in [3.63, 3.8) is 0 Å². The molecule has 4 heteroatoms. The molecule has 4 nitrogen and oxygen atoms in total. The minimum Gasteiger partial charge on any atom is -0.480 e.